The summed E-state index contributed by atoms with van der Waals surface area (Å²) in [6.07, 6.45) is 0.666. The van der Waals surface area contributed by atoms with Crippen LogP contribution in [-0.2, 0) is 4.79 Å². The Morgan fingerprint density at radius 2 is 2.06 bits per heavy atom. The van der Waals surface area contributed by atoms with Gasteiger partial charge >= 0.3 is 6.03 Å². The Balaban J connectivity index is 2.76. The third-order valence-corrected chi connectivity index (χ3v) is 3.00. The van der Waals surface area contributed by atoms with Crippen LogP contribution in [0.3, 0.4) is 0 Å². The summed E-state index contributed by atoms with van der Waals surface area (Å²) >= 11 is 0. The normalized spacial score (nSPS) is 20.6. The topological polar surface area (TPSA) is 52.7 Å². The molecule has 1 aliphatic rings. The van der Waals surface area contributed by atoms with Crippen LogP contribution < -0.4 is 5.32 Å². The first-order valence-electron chi connectivity index (χ1n) is 5.98. The Bertz CT molecular complexity index is 264. The predicted octanol–water partition coefficient (Wildman–Crippen LogP) is 0.659. The first-order chi connectivity index (χ1) is 7.65. The van der Waals surface area contributed by atoms with E-state index in [1.165, 1.54) is 0 Å². The fourth-order valence-corrected chi connectivity index (χ4v) is 2.03. The van der Waals surface area contributed by atoms with Gasteiger partial charge in [0, 0.05) is 26.2 Å². The van der Waals surface area contributed by atoms with Crippen LogP contribution in [-0.4, -0.2) is 54.0 Å². The molecular formula is C11H21N3O2. The lowest BCUT2D eigenvalue weighted by atomic mass is 10.1. The van der Waals surface area contributed by atoms with Gasteiger partial charge in [0.2, 0.25) is 5.91 Å². The predicted molar refractivity (Wildman–Crippen MR) is 62.1 cm³/mol. The standard InChI is InChI=1S/C11H21N3O2/c1-4-9-10(15)12-7-8-14(9)11(16)13(5-2)6-3/h9H,4-8H2,1-3H3,(H,12,15). The highest BCUT2D eigenvalue weighted by molar-refractivity contribution is 5.88. The van der Waals surface area contributed by atoms with Crippen molar-refractivity contribution in [1.82, 2.24) is 15.1 Å². The summed E-state index contributed by atoms with van der Waals surface area (Å²) in [7, 11) is 0. The van der Waals surface area contributed by atoms with Crippen LogP contribution >= 0.6 is 0 Å². The number of urea groups is 1. The molecule has 3 amide bonds. The quantitative estimate of drug-likeness (QED) is 0.770. The van der Waals surface area contributed by atoms with Gasteiger partial charge in [-0.15, -0.1) is 0 Å². The Labute approximate surface area is 96.8 Å². The number of amides is 3. The highest BCUT2D eigenvalue weighted by Gasteiger charge is 2.33. The number of rotatable bonds is 3. The van der Waals surface area contributed by atoms with E-state index in [-0.39, 0.29) is 18.0 Å². The highest BCUT2D eigenvalue weighted by atomic mass is 16.2. The van der Waals surface area contributed by atoms with E-state index in [1.54, 1.807) is 9.80 Å². The Hall–Kier alpha value is -1.26. The maximum absolute atomic E-state index is 12.1. The lowest BCUT2D eigenvalue weighted by Gasteiger charge is -2.37. The largest absolute Gasteiger partial charge is 0.353 e. The molecule has 0 aromatic carbocycles. The Morgan fingerprint density at radius 1 is 1.44 bits per heavy atom. The Kier molecular flexibility index (Phi) is 4.58. The third kappa shape index (κ3) is 2.46. The van der Waals surface area contributed by atoms with Gasteiger partial charge in [-0.2, -0.15) is 0 Å². The number of nitrogens with one attached hydrogen (secondary N) is 1. The van der Waals surface area contributed by atoms with E-state index >= 15 is 0 Å². The summed E-state index contributed by atoms with van der Waals surface area (Å²) in [6, 6.07) is -0.325. The summed E-state index contributed by atoms with van der Waals surface area (Å²) in [5.74, 6) is -0.0331. The van der Waals surface area contributed by atoms with Crippen molar-refractivity contribution in [3.05, 3.63) is 0 Å². The summed E-state index contributed by atoms with van der Waals surface area (Å²) in [4.78, 5) is 27.2. The van der Waals surface area contributed by atoms with Crippen molar-refractivity contribution < 1.29 is 9.59 Å². The molecule has 1 atom stereocenters. The van der Waals surface area contributed by atoms with E-state index in [9.17, 15) is 9.59 Å². The minimum atomic E-state index is -0.304. The van der Waals surface area contributed by atoms with Crippen molar-refractivity contribution in [1.29, 1.82) is 0 Å². The van der Waals surface area contributed by atoms with Crippen LogP contribution in [0.4, 0.5) is 4.79 Å². The molecule has 0 radical (unpaired) electrons. The van der Waals surface area contributed by atoms with Crippen LogP contribution in [0.1, 0.15) is 27.2 Å². The lowest BCUT2D eigenvalue weighted by molar-refractivity contribution is -0.127. The molecule has 1 fully saturated rings. The van der Waals surface area contributed by atoms with Gasteiger partial charge in [-0.05, 0) is 20.3 Å². The van der Waals surface area contributed by atoms with Crippen LogP contribution in [0.2, 0.25) is 0 Å². The molecule has 1 aliphatic heterocycles. The first-order valence-corrected chi connectivity index (χ1v) is 5.98. The first kappa shape index (κ1) is 12.8. The monoisotopic (exact) mass is 227 g/mol. The van der Waals surface area contributed by atoms with Gasteiger partial charge in [0.15, 0.2) is 0 Å². The van der Waals surface area contributed by atoms with Gasteiger partial charge in [-0.1, -0.05) is 6.92 Å². The average molecular weight is 227 g/mol. The zero-order valence-corrected chi connectivity index (χ0v) is 10.3. The van der Waals surface area contributed by atoms with Crippen molar-refractivity contribution in [2.24, 2.45) is 0 Å². The summed E-state index contributed by atoms with van der Waals surface area (Å²) < 4.78 is 0. The maximum atomic E-state index is 12.1. The van der Waals surface area contributed by atoms with E-state index < -0.39 is 0 Å². The summed E-state index contributed by atoms with van der Waals surface area (Å²) in [5, 5.41) is 2.79. The maximum Gasteiger partial charge on any atom is 0.320 e. The van der Waals surface area contributed by atoms with Gasteiger partial charge < -0.3 is 15.1 Å². The SMILES string of the molecule is CCC1C(=O)NCCN1C(=O)N(CC)CC. The fourth-order valence-electron chi connectivity index (χ4n) is 2.03. The number of nitrogens with zero attached hydrogens (tertiary/aromatic N) is 2. The number of carbonyl (C=O) groups excluding carboxylic acids is 2. The van der Waals surface area contributed by atoms with Gasteiger partial charge in [0.25, 0.3) is 0 Å². The molecule has 92 valence electrons. The molecule has 5 heteroatoms. The van der Waals surface area contributed by atoms with E-state index in [1.807, 2.05) is 20.8 Å². The molecule has 0 spiro atoms. The van der Waals surface area contributed by atoms with Crippen LogP contribution in [0.25, 0.3) is 0 Å². The number of piperazine rings is 1. The lowest BCUT2D eigenvalue weighted by Crippen LogP contribution is -2.59. The molecular weight excluding hydrogens is 206 g/mol. The zero-order chi connectivity index (χ0) is 12.1. The van der Waals surface area contributed by atoms with E-state index in [4.69, 9.17) is 0 Å². The zero-order valence-electron chi connectivity index (χ0n) is 10.3. The second-order valence-electron chi connectivity index (χ2n) is 3.86. The fraction of sp³-hybridized carbons (Fsp3) is 0.818. The molecule has 0 aliphatic carbocycles. The smallest absolute Gasteiger partial charge is 0.320 e. The van der Waals surface area contributed by atoms with Gasteiger partial charge in [0.1, 0.15) is 6.04 Å². The van der Waals surface area contributed by atoms with Crippen molar-refractivity contribution in [3.63, 3.8) is 0 Å². The average Bonchev–Trinajstić information content (AvgIpc) is 2.30. The molecule has 0 aromatic heterocycles. The van der Waals surface area contributed by atoms with Gasteiger partial charge in [-0.3, -0.25) is 4.79 Å². The second-order valence-corrected chi connectivity index (χ2v) is 3.86. The van der Waals surface area contributed by atoms with Gasteiger partial charge in [-0.25, -0.2) is 4.79 Å². The molecule has 1 N–H and O–H groups in total. The highest BCUT2D eigenvalue weighted by Crippen LogP contribution is 2.11. The molecule has 0 aromatic rings. The van der Waals surface area contributed by atoms with Crippen LogP contribution in [0.15, 0.2) is 0 Å². The van der Waals surface area contributed by atoms with Crippen LogP contribution in [0, 0.1) is 0 Å². The summed E-state index contributed by atoms with van der Waals surface area (Å²) in [6.45, 7) is 8.37. The molecule has 16 heavy (non-hydrogen) atoms. The summed E-state index contributed by atoms with van der Waals surface area (Å²) in [5.41, 5.74) is 0. The molecule has 1 rings (SSSR count). The molecule has 0 bridgehead atoms. The number of carbonyl (C=O) groups is 2. The van der Waals surface area contributed by atoms with Crippen LogP contribution in [0.5, 0.6) is 0 Å². The van der Waals surface area contributed by atoms with Crippen molar-refractivity contribution in [3.8, 4) is 0 Å². The minimum Gasteiger partial charge on any atom is -0.353 e. The van der Waals surface area contributed by atoms with Crippen molar-refractivity contribution >= 4 is 11.9 Å². The number of hydrogen-bond donors (Lipinski definition) is 1. The van der Waals surface area contributed by atoms with E-state index in [2.05, 4.69) is 5.32 Å². The molecule has 1 unspecified atom stereocenters. The molecule has 1 heterocycles. The molecule has 0 saturated carbocycles. The van der Waals surface area contributed by atoms with Gasteiger partial charge in [0.05, 0.1) is 0 Å². The van der Waals surface area contributed by atoms with E-state index in [0.29, 0.717) is 32.6 Å². The van der Waals surface area contributed by atoms with E-state index in [0.717, 1.165) is 0 Å². The minimum absolute atomic E-state index is 0.0216. The Morgan fingerprint density at radius 3 is 2.56 bits per heavy atom. The molecule has 1 saturated heterocycles. The molecule has 5 nitrogen and oxygen atoms in total. The second kappa shape index (κ2) is 5.72. The number of hydrogen-bond acceptors (Lipinski definition) is 2. The van der Waals surface area contributed by atoms with Crippen molar-refractivity contribution in [2.75, 3.05) is 26.2 Å². The third-order valence-electron chi connectivity index (χ3n) is 3.00. The van der Waals surface area contributed by atoms with Crippen molar-refractivity contribution in [2.45, 2.75) is 33.2 Å².